The number of carboxylic acids is 1. The lowest BCUT2D eigenvalue weighted by atomic mass is 9.92. The molecule has 2 aliphatic rings. The molecule has 4 aromatic rings. The van der Waals surface area contributed by atoms with Crippen molar-refractivity contribution in [3.63, 3.8) is 0 Å². The van der Waals surface area contributed by atoms with Gasteiger partial charge in [0.1, 0.15) is 12.6 Å². The van der Waals surface area contributed by atoms with Crippen molar-refractivity contribution in [3.8, 4) is 0 Å². The minimum absolute atomic E-state index is 0.131. The fraction of sp³-hybridized carbons (Fsp3) is 0.441. The first-order chi connectivity index (χ1) is 21.6. The predicted molar refractivity (Wildman–Crippen MR) is 171 cm³/mol. The average Bonchev–Trinajstić information content (AvgIpc) is 3.84. The Labute approximate surface area is 265 Å². The van der Waals surface area contributed by atoms with E-state index >= 15 is 0 Å². The molecule has 240 valence electrons. The summed E-state index contributed by atoms with van der Waals surface area (Å²) in [6.45, 7) is 4.51. The minimum atomic E-state index is -3.45. The normalized spacial score (nSPS) is 16.9. The number of aliphatic carboxylic acids is 1. The van der Waals surface area contributed by atoms with E-state index in [9.17, 15) is 18.3 Å². The maximum Gasteiger partial charge on any atom is 0.183 e. The number of ether oxygens (including phenoxy) is 1. The van der Waals surface area contributed by atoms with Crippen molar-refractivity contribution >= 4 is 32.4 Å². The first-order valence-corrected chi connectivity index (χ1v) is 17.2. The van der Waals surface area contributed by atoms with Crippen molar-refractivity contribution in [3.05, 3.63) is 84.3 Å². The van der Waals surface area contributed by atoms with Crippen LogP contribution in [-0.4, -0.2) is 61.7 Å². The Morgan fingerprint density at radius 1 is 1.02 bits per heavy atom. The first kappa shape index (κ1) is 32.6. The van der Waals surface area contributed by atoms with Crippen molar-refractivity contribution in [2.45, 2.75) is 67.8 Å². The van der Waals surface area contributed by atoms with Crippen LogP contribution in [-0.2, 0) is 25.9 Å². The zero-order chi connectivity index (χ0) is 32.0. The molecule has 0 spiro atoms. The van der Waals surface area contributed by atoms with Gasteiger partial charge in [0.15, 0.2) is 9.84 Å². The molecule has 45 heavy (non-hydrogen) atoms. The molecule has 10 nitrogen and oxygen atoms in total. The number of quaternary nitrogens is 1. The van der Waals surface area contributed by atoms with Crippen LogP contribution in [0.1, 0.15) is 62.2 Å². The molecule has 2 aromatic heterocycles. The second kappa shape index (κ2) is 14.5. The molecule has 2 aromatic carbocycles. The molecule has 1 saturated heterocycles. The van der Waals surface area contributed by atoms with Gasteiger partial charge in [0.2, 0.25) is 0 Å². The number of hydrogen-bond donors (Lipinski definition) is 1. The van der Waals surface area contributed by atoms with E-state index < -0.39 is 21.8 Å². The van der Waals surface area contributed by atoms with Crippen molar-refractivity contribution in [2.75, 3.05) is 32.2 Å². The Bertz CT molecular complexity index is 1660. The molecule has 0 radical (unpaired) electrons. The average molecular weight is 634 g/mol. The Kier molecular flexibility index (Phi) is 10.5. The number of carbonyl (C=O) groups excluding carboxylic acids is 1. The van der Waals surface area contributed by atoms with Gasteiger partial charge in [-0.15, -0.1) is 0 Å². The van der Waals surface area contributed by atoms with Gasteiger partial charge >= 0.3 is 0 Å². The standard InChI is InChI=1S/C17H21N3O5S.C17H22N2/c21-17(22)14(7-11-3-5-25-6-4-11)20-15-9-18-10-16(13(15)8-19-20)26(23,24)12-1-2-12;1-14(16-7-5-4-6-8-16)18-13-15-9-11-17(12-10-15)19(2)3/h8-12,14H,1-7H2,(H,21,22);4-12,14,18H,13H2,1-3H3/t2*14-/m01/s1. The molecule has 1 aliphatic heterocycles. The summed E-state index contributed by atoms with van der Waals surface area (Å²) in [5, 5.41) is 18.4. The van der Waals surface area contributed by atoms with Crippen LogP contribution < -0.4 is 15.3 Å². The Hall–Kier alpha value is -3.80. The van der Waals surface area contributed by atoms with Crippen LogP contribution in [0.3, 0.4) is 0 Å². The van der Waals surface area contributed by atoms with E-state index in [2.05, 4.69) is 95.9 Å². The van der Waals surface area contributed by atoms with E-state index in [1.807, 2.05) is 0 Å². The third-order valence-electron chi connectivity index (χ3n) is 8.71. The SMILES string of the molecule is C[C@@H]([NH2+]Cc1ccc(N(C)C)cc1)c1ccccc1.O=C([O-])[C@H](CC1CCOCC1)n1ncc2c(S(=O)(=O)C3CC3)cncc21. The quantitative estimate of drug-likeness (QED) is 0.267. The van der Waals surface area contributed by atoms with Crippen molar-refractivity contribution < 1.29 is 28.4 Å². The number of hydrogen-bond acceptors (Lipinski definition) is 8. The molecule has 2 atom stereocenters. The third-order valence-corrected chi connectivity index (χ3v) is 11.0. The van der Waals surface area contributed by atoms with Crippen molar-refractivity contribution in [1.29, 1.82) is 0 Å². The molecule has 1 saturated carbocycles. The molecule has 0 amide bonds. The summed E-state index contributed by atoms with van der Waals surface area (Å²) >= 11 is 0. The number of carbonyl (C=O) groups is 1. The van der Waals surface area contributed by atoms with E-state index in [-0.39, 0.29) is 16.1 Å². The molecule has 1 aliphatic carbocycles. The number of rotatable bonds is 11. The van der Waals surface area contributed by atoms with Gasteiger partial charge in [-0.2, -0.15) is 5.10 Å². The van der Waals surface area contributed by atoms with Gasteiger partial charge in [0, 0.05) is 55.7 Å². The predicted octanol–water partition coefficient (Wildman–Crippen LogP) is 3.05. The number of nitrogens with two attached hydrogens (primary N) is 1. The second-order valence-corrected chi connectivity index (χ2v) is 14.4. The van der Waals surface area contributed by atoms with Crippen LogP contribution in [0.4, 0.5) is 5.69 Å². The summed E-state index contributed by atoms with van der Waals surface area (Å²) < 4.78 is 31.9. The van der Waals surface area contributed by atoms with Gasteiger partial charge < -0.3 is 24.9 Å². The van der Waals surface area contributed by atoms with Gasteiger partial charge in [-0.3, -0.25) is 9.67 Å². The number of anilines is 1. The topological polar surface area (TPSA) is 134 Å². The van der Waals surface area contributed by atoms with E-state index in [1.165, 1.54) is 40.1 Å². The highest BCUT2D eigenvalue weighted by Crippen LogP contribution is 2.37. The van der Waals surface area contributed by atoms with Crippen LogP contribution in [0, 0.1) is 5.92 Å². The maximum atomic E-state index is 12.6. The van der Waals surface area contributed by atoms with Gasteiger partial charge in [0.05, 0.1) is 40.1 Å². The molecular formula is C34H43N5O5S. The monoisotopic (exact) mass is 633 g/mol. The molecular weight excluding hydrogens is 590 g/mol. The largest absolute Gasteiger partial charge is 0.548 e. The highest BCUT2D eigenvalue weighted by atomic mass is 32.2. The molecule has 3 heterocycles. The van der Waals surface area contributed by atoms with E-state index in [0.717, 1.165) is 19.4 Å². The summed E-state index contributed by atoms with van der Waals surface area (Å²) in [4.78, 5) is 18.1. The number of carboxylic acid groups (broad SMARTS) is 1. The summed E-state index contributed by atoms with van der Waals surface area (Å²) in [6, 6.07) is 19.0. The lowest BCUT2D eigenvalue weighted by Gasteiger charge is -2.27. The number of pyridine rings is 1. The van der Waals surface area contributed by atoms with Crippen LogP contribution in [0.2, 0.25) is 0 Å². The molecule has 2 N–H and O–H groups in total. The molecule has 2 fully saturated rings. The summed E-state index contributed by atoms with van der Waals surface area (Å²) in [5.41, 5.74) is 4.41. The van der Waals surface area contributed by atoms with Gasteiger partial charge in [-0.1, -0.05) is 42.5 Å². The first-order valence-electron chi connectivity index (χ1n) is 15.6. The van der Waals surface area contributed by atoms with Crippen molar-refractivity contribution in [1.82, 2.24) is 14.8 Å². The highest BCUT2D eigenvalue weighted by Gasteiger charge is 2.38. The van der Waals surface area contributed by atoms with E-state index in [4.69, 9.17) is 4.74 Å². The van der Waals surface area contributed by atoms with Crippen molar-refractivity contribution in [2.24, 2.45) is 5.92 Å². The maximum absolute atomic E-state index is 12.6. The zero-order valence-corrected chi connectivity index (χ0v) is 27.0. The summed E-state index contributed by atoms with van der Waals surface area (Å²) in [6.07, 6.45) is 7.48. The number of aromatic nitrogens is 3. The van der Waals surface area contributed by atoms with E-state index in [1.54, 1.807) is 0 Å². The number of benzene rings is 2. The Morgan fingerprint density at radius 3 is 2.33 bits per heavy atom. The Morgan fingerprint density at radius 2 is 1.71 bits per heavy atom. The highest BCUT2D eigenvalue weighted by molar-refractivity contribution is 7.92. The summed E-state index contributed by atoms with van der Waals surface area (Å²) in [7, 11) is 0.689. The third kappa shape index (κ3) is 8.08. The molecule has 11 heteroatoms. The van der Waals surface area contributed by atoms with Crippen LogP contribution in [0.15, 0.2) is 78.1 Å². The van der Waals surface area contributed by atoms with Crippen LogP contribution in [0.5, 0.6) is 0 Å². The van der Waals surface area contributed by atoms with Crippen LogP contribution in [0.25, 0.3) is 10.9 Å². The smallest absolute Gasteiger partial charge is 0.183 e. The lowest BCUT2D eigenvalue weighted by molar-refractivity contribution is -0.707. The fourth-order valence-corrected chi connectivity index (χ4v) is 7.49. The molecule has 6 rings (SSSR count). The Balaban J connectivity index is 0.000000187. The van der Waals surface area contributed by atoms with Gasteiger partial charge in [-0.05, 0) is 57.1 Å². The fourth-order valence-electron chi connectivity index (χ4n) is 5.70. The number of fused-ring (bicyclic) bond motifs is 1. The summed E-state index contributed by atoms with van der Waals surface area (Å²) in [5.74, 6) is -1.02. The minimum Gasteiger partial charge on any atom is -0.548 e. The second-order valence-electron chi connectivity index (χ2n) is 12.2. The lowest BCUT2D eigenvalue weighted by Crippen LogP contribution is -2.83. The van der Waals surface area contributed by atoms with Gasteiger partial charge in [0.25, 0.3) is 0 Å². The molecule has 0 bridgehead atoms. The number of sulfone groups is 1. The van der Waals surface area contributed by atoms with Crippen LogP contribution >= 0.6 is 0 Å². The molecule has 0 unspecified atom stereocenters. The van der Waals surface area contributed by atoms with Gasteiger partial charge in [-0.25, -0.2) is 8.42 Å². The van der Waals surface area contributed by atoms with E-state index in [0.29, 0.717) is 49.4 Å². The zero-order valence-electron chi connectivity index (χ0n) is 26.2. The number of nitrogens with zero attached hydrogens (tertiary/aromatic N) is 4.